The van der Waals surface area contributed by atoms with E-state index in [0.29, 0.717) is 0 Å². The zero-order chi connectivity index (χ0) is 12.7. The molecule has 0 aliphatic carbocycles. The Balaban J connectivity index is 2.47. The van der Waals surface area contributed by atoms with Gasteiger partial charge in [-0.3, -0.25) is 4.79 Å². The Morgan fingerprint density at radius 3 is 2.12 bits per heavy atom. The zero-order valence-electron chi connectivity index (χ0n) is 10.9. The van der Waals surface area contributed by atoms with E-state index in [1.165, 1.54) is 19.8 Å². The molecule has 0 saturated heterocycles. The monoisotopic (exact) mass is 234 g/mol. The number of hydrogen-bond donors (Lipinski definition) is 2. The number of benzene rings is 1. The van der Waals surface area contributed by atoms with Crippen molar-refractivity contribution in [2.45, 2.75) is 33.6 Å². The summed E-state index contributed by atoms with van der Waals surface area (Å²) in [5.41, 5.74) is 1.94. The standard InChI is InChI=1S/C14H22N2O/c1-4-12(5-2)10-15-13-6-8-14(9-7-13)16-11(3)17/h6-9,12,15H,4-5,10H2,1-3H3,(H,16,17). The molecule has 1 aromatic carbocycles. The van der Waals surface area contributed by atoms with Crippen molar-refractivity contribution >= 4 is 17.3 Å². The van der Waals surface area contributed by atoms with Gasteiger partial charge < -0.3 is 10.6 Å². The highest BCUT2D eigenvalue weighted by Gasteiger charge is 2.02. The van der Waals surface area contributed by atoms with Crippen molar-refractivity contribution in [1.29, 1.82) is 0 Å². The highest BCUT2D eigenvalue weighted by atomic mass is 16.1. The lowest BCUT2D eigenvalue weighted by Crippen LogP contribution is -2.12. The molecular weight excluding hydrogens is 212 g/mol. The maximum Gasteiger partial charge on any atom is 0.221 e. The van der Waals surface area contributed by atoms with Gasteiger partial charge in [0.2, 0.25) is 5.91 Å². The lowest BCUT2D eigenvalue weighted by Gasteiger charge is -2.14. The average molecular weight is 234 g/mol. The van der Waals surface area contributed by atoms with Crippen LogP contribution in [-0.2, 0) is 4.79 Å². The van der Waals surface area contributed by atoms with E-state index in [9.17, 15) is 4.79 Å². The van der Waals surface area contributed by atoms with Gasteiger partial charge in [-0.1, -0.05) is 26.7 Å². The maximum atomic E-state index is 10.9. The normalized spacial score (nSPS) is 10.4. The second-order valence-electron chi connectivity index (χ2n) is 4.32. The third-order valence-electron chi connectivity index (χ3n) is 2.95. The summed E-state index contributed by atoms with van der Waals surface area (Å²) in [6.07, 6.45) is 2.40. The van der Waals surface area contributed by atoms with E-state index in [2.05, 4.69) is 24.5 Å². The molecule has 1 rings (SSSR count). The first-order valence-corrected chi connectivity index (χ1v) is 6.27. The van der Waals surface area contributed by atoms with E-state index in [-0.39, 0.29) is 5.91 Å². The van der Waals surface area contributed by atoms with Gasteiger partial charge in [0.05, 0.1) is 0 Å². The molecule has 0 bridgehead atoms. The first-order valence-electron chi connectivity index (χ1n) is 6.27. The van der Waals surface area contributed by atoms with Gasteiger partial charge in [0.15, 0.2) is 0 Å². The molecule has 17 heavy (non-hydrogen) atoms. The number of rotatable bonds is 6. The van der Waals surface area contributed by atoms with E-state index in [1.807, 2.05) is 24.3 Å². The predicted octanol–water partition coefficient (Wildman–Crippen LogP) is 3.49. The van der Waals surface area contributed by atoms with E-state index in [1.54, 1.807) is 0 Å². The van der Waals surface area contributed by atoms with Crippen molar-refractivity contribution in [1.82, 2.24) is 0 Å². The molecule has 0 unspecified atom stereocenters. The van der Waals surface area contributed by atoms with Gasteiger partial charge in [0, 0.05) is 24.8 Å². The van der Waals surface area contributed by atoms with Gasteiger partial charge in [0.1, 0.15) is 0 Å². The van der Waals surface area contributed by atoms with E-state index in [0.717, 1.165) is 23.8 Å². The topological polar surface area (TPSA) is 41.1 Å². The lowest BCUT2D eigenvalue weighted by atomic mass is 10.0. The van der Waals surface area contributed by atoms with E-state index in [4.69, 9.17) is 0 Å². The minimum atomic E-state index is -0.0391. The lowest BCUT2D eigenvalue weighted by molar-refractivity contribution is -0.114. The Labute approximate surface area is 104 Å². The third kappa shape index (κ3) is 4.89. The molecule has 2 N–H and O–H groups in total. The summed E-state index contributed by atoms with van der Waals surface area (Å²) in [7, 11) is 0. The predicted molar refractivity (Wildman–Crippen MR) is 73.3 cm³/mol. The van der Waals surface area contributed by atoms with Crippen LogP contribution in [0.5, 0.6) is 0 Å². The molecule has 0 aliphatic heterocycles. The Morgan fingerprint density at radius 1 is 1.12 bits per heavy atom. The fraction of sp³-hybridized carbons (Fsp3) is 0.500. The van der Waals surface area contributed by atoms with Crippen LogP contribution in [0.15, 0.2) is 24.3 Å². The van der Waals surface area contributed by atoms with Crippen LogP contribution >= 0.6 is 0 Å². The van der Waals surface area contributed by atoms with Crippen LogP contribution in [0.3, 0.4) is 0 Å². The number of carbonyl (C=O) groups excluding carboxylic acids is 1. The molecule has 0 spiro atoms. The molecule has 0 saturated carbocycles. The molecule has 3 heteroatoms. The molecule has 0 heterocycles. The largest absolute Gasteiger partial charge is 0.385 e. The smallest absolute Gasteiger partial charge is 0.221 e. The molecule has 0 radical (unpaired) electrons. The molecule has 3 nitrogen and oxygen atoms in total. The first-order chi connectivity index (χ1) is 8.15. The minimum Gasteiger partial charge on any atom is -0.385 e. The SMILES string of the molecule is CCC(CC)CNc1ccc(NC(C)=O)cc1. The molecule has 94 valence electrons. The summed E-state index contributed by atoms with van der Waals surface area (Å²) in [5, 5.41) is 6.17. The first kappa shape index (κ1) is 13.6. The summed E-state index contributed by atoms with van der Waals surface area (Å²) in [6.45, 7) is 6.96. The Bertz CT molecular complexity index is 342. The van der Waals surface area contributed by atoms with Crippen molar-refractivity contribution in [3.05, 3.63) is 24.3 Å². The van der Waals surface area contributed by atoms with Crippen molar-refractivity contribution < 1.29 is 4.79 Å². The van der Waals surface area contributed by atoms with Crippen molar-refractivity contribution in [2.75, 3.05) is 17.2 Å². The Kier molecular flexibility index (Phi) is 5.53. The van der Waals surface area contributed by atoms with Crippen molar-refractivity contribution in [3.8, 4) is 0 Å². The number of carbonyl (C=O) groups is 1. The number of amides is 1. The zero-order valence-corrected chi connectivity index (χ0v) is 10.9. The minimum absolute atomic E-state index is 0.0391. The summed E-state index contributed by atoms with van der Waals surface area (Å²) in [5.74, 6) is 0.688. The van der Waals surface area contributed by atoms with Gasteiger partial charge >= 0.3 is 0 Å². The van der Waals surface area contributed by atoms with Crippen LogP contribution in [0.4, 0.5) is 11.4 Å². The molecular formula is C14H22N2O. The molecule has 0 aromatic heterocycles. The molecule has 1 amide bonds. The van der Waals surface area contributed by atoms with E-state index < -0.39 is 0 Å². The third-order valence-corrected chi connectivity index (χ3v) is 2.95. The highest BCUT2D eigenvalue weighted by Crippen LogP contribution is 2.15. The summed E-state index contributed by atoms with van der Waals surface area (Å²) in [6, 6.07) is 7.81. The van der Waals surface area contributed by atoms with Crippen LogP contribution in [0.2, 0.25) is 0 Å². The van der Waals surface area contributed by atoms with Crippen LogP contribution in [0.25, 0.3) is 0 Å². The van der Waals surface area contributed by atoms with E-state index >= 15 is 0 Å². The fourth-order valence-corrected chi connectivity index (χ4v) is 1.71. The Morgan fingerprint density at radius 2 is 1.65 bits per heavy atom. The number of nitrogens with one attached hydrogen (secondary N) is 2. The van der Waals surface area contributed by atoms with Crippen LogP contribution in [0.1, 0.15) is 33.6 Å². The van der Waals surface area contributed by atoms with Crippen LogP contribution in [0, 0.1) is 5.92 Å². The number of hydrogen-bond acceptors (Lipinski definition) is 2. The van der Waals surface area contributed by atoms with Gasteiger partial charge in [0.25, 0.3) is 0 Å². The van der Waals surface area contributed by atoms with Gasteiger partial charge in [-0.25, -0.2) is 0 Å². The maximum absolute atomic E-state index is 10.9. The molecule has 0 atom stereocenters. The summed E-state index contributed by atoms with van der Waals surface area (Å²) >= 11 is 0. The number of anilines is 2. The second-order valence-corrected chi connectivity index (χ2v) is 4.32. The molecule has 0 fully saturated rings. The van der Waals surface area contributed by atoms with Gasteiger partial charge in [-0.2, -0.15) is 0 Å². The highest BCUT2D eigenvalue weighted by molar-refractivity contribution is 5.88. The second kappa shape index (κ2) is 6.94. The Hall–Kier alpha value is -1.51. The molecule has 1 aromatic rings. The quantitative estimate of drug-likeness (QED) is 0.791. The van der Waals surface area contributed by atoms with Crippen LogP contribution < -0.4 is 10.6 Å². The summed E-state index contributed by atoms with van der Waals surface area (Å²) in [4.78, 5) is 10.9. The average Bonchev–Trinajstić information content (AvgIpc) is 2.32. The van der Waals surface area contributed by atoms with Crippen molar-refractivity contribution in [3.63, 3.8) is 0 Å². The van der Waals surface area contributed by atoms with Gasteiger partial charge in [-0.15, -0.1) is 0 Å². The molecule has 0 aliphatic rings. The van der Waals surface area contributed by atoms with Crippen LogP contribution in [-0.4, -0.2) is 12.5 Å². The summed E-state index contributed by atoms with van der Waals surface area (Å²) < 4.78 is 0. The fourth-order valence-electron chi connectivity index (χ4n) is 1.71. The van der Waals surface area contributed by atoms with Crippen molar-refractivity contribution in [2.24, 2.45) is 5.92 Å². The van der Waals surface area contributed by atoms with Gasteiger partial charge in [-0.05, 0) is 30.2 Å².